The predicted octanol–water partition coefficient (Wildman–Crippen LogP) is 1.82. The van der Waals surface area contributed by atoms with Crippen LogP contribution in [0, 0.1) is 0 Å². The number of hydrogen-bond acceptors (Lipinski definition) is 4. The van der Waals surface area contributed by atoms with E-state index in [2.05, 4.69) is 0 Å². The first-order valence-corrected chi connectivity index (χ1v) is 7.18. The van der Waals surface area contributed by atoms with Crippen molar-refractivity contribution in [2.45, 2.75) is 43.8 Å². The highest BCUT2D eigenvalue weighted by molar-refractivity contribution is 5.93. The van der Waals surface area contributed by atoms with Crippen molar-refractivity contribution in [1.29, 1.82) is 0 Å². The molecule has 2 fully saturated rings. The second-order valence-corrected chi connectivity index (χ2v) is 6.26. The molecular formula is C15H21NO4. The number of likely N-dealkylation sites (tertiary alicyclic amines) is 1. The number of nitrogens with zero attached hydrogens (tertiary/aromatic N) is 1. The van der Waals surface area contributed by atoms with Crippen LogP contribution < -0.4 is 0 Å². The highest BCUT2D eigenvalue weighted by atomic mass is 16.5. The molecule has 5 heteroatoms. The summed E-state index contributed by atoms with van der Waals surface area (Å²) in [5, 5.41) is 10.2. The van der Waals surface area contributed by atoms with E-state index in [1.54, 1.807) is 6.07 Å². The van der Waals surface area contributed by atoms with Gasteiger partial charge in [-0.25, -0.2) is 0 Å². The third-order valence-corrected chi connectivity index (χ3v) is 4.48. The monoisotopic (exact) mass is 279 g/mol. The van der Waals surface area contributed by atoms with Crippen LogP contribution in [0.25, 0.3) is 0 Å². The van der Waals surface area contributed by atoms with Crippen LogP contribution in [0.2, 0.25) is 0 Å². The Balaban J connectivity index is 1.63. The van der Waals surface area contributed by atoms with Crippen molar-refractivity contribution >= 4 is 5.91 Å². The minimum Gasteiger partial charge on any atom is -0.472 e. The maximum atomic E-state index is 12.2. The summed E-state index contributed by atoms with van der Waals surface area (Å²) in [6.45, 7) is 3.81. The molecule has 1 spiro atoms. The Morgan fingerprint density at radius 3 is 2.70 bits per heavy atom. The lowest BCUT2D eigenvalue weighted by Gasteiger charge is -2.48. The molecule has 0 saturated carbocycles. The van der Waals surface area contributed by atoms with Crippen molar-refractivity contribution in [2.24, 2.45) is 0 Å². The average Bonchev–Trinajstić information content (AvgIpc) is 2.91. The standard InChI is InChI=1S/C15H21NO4/c1-14(18)5-9-20-15(11-14)3-6-16(7-4-15)13(17)12-2-8-19-10-12/h2,8,10,18H,3-7,9,11H2,1H3. The van der Waals surface area contributed by atoms with Gasteiger partial charge in [0, 0.05) is 19.5 Å². The molecule has 0 aliphatic carbocycles. The largest absolute Gasteiger partial charge is 0.472 e. The van der Waals surface area contributed by atoms with Gasteiger partial charge in [-0.1, -0.05) is 0 Å². The Hall–Kier alpha value is -1.33. The fourth-order valence-electron chi connectivity index (χ4n) is 3.33. The normalized spacial score (nSPS) is 29.6. The summed E-state index contributed by atoms with van der Waals surface area (Å²) in [6, 6.07) is 1.69. The summed E-state index contributed by atoms with van der Waals surface area (Å²) in [7, 11) is 0. The van der Waals surface area contributed by atoms with Gasteiger partial charge in [-0.05, 0) is 32.3 Å². The van der Waals surface area contributed by atoms with Crippen LogP contribution in [-0.2, 0) is 4.74 Å². The maximum absolute atomic E-state index is 12.2. The summed E-state index contributed by atoms with van der Waals surface area (Å²) in [4.78, 5) is 14.1. The molecule has 110 valence electrons. The van der Waals surface area contributed by atoms with Crippen molar-refractivity contribution in [2.75, 3.05) is 19.7 Å². The molecule has 2 aliphatic heterocycles. The van der Waals surface area contributed by atoms with Crippen LogP contribution in [0.3, 0.4) is 0 Å². The van der Waals surface area contributed by atoms with Gasteiger partial charge in [-0.3, -0.25) is 4.79 Å². The van der Waals surface area contributed by atoms with E-state index in [0.29, 0.717) is 38.1 Å². The van der Waals surface area contributed by atoms with E-state index in [1.165, 1.54) is 12.5 Å². The molecule has 1 unspecified atom stereocenters. The molecule has 2 saturated heterocycles. The molecule has 1 amide bonds. The number of carbonyl (C=O) groups is 1. The Bertz CT molecular complexity index is 472. The molecule has 3 rings (SSSR count). The molecule has 1 N–H and O–H groups in total. The molecule has 5 nitrogen and oxygen atoms in total. The first-order chi connectivity index (χ1) is 9.50. The molecule has 20 heavy (non-hydrogen) atoms. The van der Waals surface area contributed by atoms with Crippen molar-refractivity contribution in [3.63, 3.8) is 0 Å². The van der Waals surface area contributed by atoms with E-state index in [0.717, 1.165) is 12.8 Å². The number of furan rings is 1. The van der Waals surface area contributed by atoms with Gasteiger partial charge in [0.05, 0.1) is 29.6 Å². The third-order valence-electron chi connectivity index (χ3n) is 4.48. The van der Waals surface area contributed by atoms with E-state index in [-0.39, 0.29) is 11.5 Å². The Kier molecular flexibility index (Phi) is 3.34. The third kappa shape index (κ3) is 2.60. The second-order valence-electron chi connectivity index (χ2n) is 6.26. The van der Waals surface area contributed by atoms with E-state index >= 15 is 0 Å². The second kappa shape index (κ2) is 4.90. The van der Waals surface area contributed by atoms with Crippen molar-refractivity contribution in [3.8, 4) is 0 Å². The number of piperidine rings is 1. The first kappa shape index (κ1) is 13.6. The summed E-state index contributed by atoms with van der Waals surface area (Å²) >= 11 is 0. The van der Waals surface area contributed by atoms with Crippen LogP contribution >= 0.6 is 0 Å². The zero-order valence-corrected chi connectivity index (χ0v) is 11.8. The lowest BCUT2D eigenvalue weighted by atomic mass is 9.78. The first-order valence-electron chi connectivity index (χ1n) is 7.18. The molecule has 1 aromatic rings. The molecule has 0 aromatic carbocycles. The maximum Gasteiger partial charge on any atom is 0.257 e. The van der Waals surface area contributed by atoms with Gasteiger partial charge in [0.25, 0.3) is 5.91 Å². The zero-order chi connectivity index (χ0) is 14.2. The van der Waals surface area contributed by atoms with Gasteiger partial charge in [0.2, 0.25) is 0 Å². The highest BCUT2D eigenvalue weighted by Gasteiger charge is 2.44. The minimum absolute atomic E-state index is 0.0103. The topological polar surface area (TPSA) is 62.9 Å². The highest BCUT2D eigenvalue weighted by Crippen LogP contribution is 2.39. The van der Waals surface area contributed by atoms with Gasteiger partial charge in [-0.15, -0.1) is 0 Å². The minimum atomic E-state index is -0.644. The van der Waals surface area contributed by atoms with Gasteiger partial charge >= 0.3 is 0 Å². The van der Waals surface area contributed by atoms with Crippen LogP contribution in [-0.4, -0.2) is 46.8 Å². The van der Waals surface area contributed by atoms with Gasteiger partial charge in [-0.2, -0.15) is 0 Å². The number of ether oxygens (including phenoxy) is 1. The molecular weight excluding hydrogens is 258 g/mol. The van der Waals surface area contributed by atoms with E-state index < -0.39 is 5.60 Å². The van der Waals surface area contributed by atoms with Crippen LogP contribution in [0.4, 0.5) is 0 Å². The summed E-state index contributed by atoms with van der Waals surface area (Å²) in [6.07, 6.45) is 5.91. The van der Waals surface area contributed by atoms with E-state index in [9.17, 15) is 9.90 Å². The Morgan fingerprint density at radius 1 is 1.35 bits per heavy atom. The molecule has 2 aliphatic rings. The molecule has 3 heterocycles. The van der Waals surface area contributed by atoms with Gasteiger partial charge < -0.3 is 19.2 Å². The number of hydrogen-bond donors (Lipinski definition) is 1. The van der Waals surface area contributed by atoms with E-state index in [4.69, 9.17) is 9.15 Å². The van der Waals surface area contributed by atoms with Crippen LogP contribution in [0.1, 0.15) is 43.0 Å². The average molecular weight is 279 g/mol. The summed E-state index contributed by atoms with van der Waals surface area (Å²) in [5.41, 5.74) is -0.304. The number of aliphatic hydroxyl groups is 1. The molecule has 1 atom stereocenters. The molecule has 1 aromatic heterocycles. The number of rotatable bonds is 1. The molecule has 0 bridgehead atoms. The Morgan fingerprint density at radius 2 is 2.10 bits per heavy atom. The summed E-state index contributed by atoms with van der Waals surface area (Å²) < 4.78 is 10.9. The van der Waals surface area contributed by atoms with Gasteiger partial charge in [0.15, 0.2) is 0 Å². The fourth-order valence-corrected chi connectivity index (χ4v) is 3.33. The Labute approximate surface area is 118 Å². The van der Waals surface area contributed by atoms with E-state index in [1.807, 2.05) is 11.8 Å². The van der Waals surface area contributed by atoms with Crippen molar-refractivity contribution in [1.82, 2.24) is 4.90 Å². The van der Waals surface area contributed by atoms with Crippen molar-refractivity contribution in [3.05, 3.63) is 24.2 Å². The number of carbonyl (C=O) groups excluding carboxylic acids is 1. The lowest BCUT2D eigenvalue weighted by Crippen LogP contribution is -2.54. The zero-order valence-electron chi connectivity index (χ0n) is 11.8. The van der Waals surface area contributed by atoms with Crippen molar-refractivity contribution < 1.29 is 19.1 Å². The fraction of sp³-hybridized carbons (Fsp3) is 0.667. The SMILES string of the molecule is CC1(O)CCOC2(CCN(C(=O)c3ccoc3)CC2)C1. The predicted molar refractivity (Wildman–Crippen MR) is 72.4 cm³/mol. The lowest BCUT2D eigenvalue weighted by molar-refractivity contribution is -0.170. The molecule has 0 radical (unpaired) electrons. The van der Waals surface area contributed by atoms with Crippen LogP contribution in [0.15, 0.2) is 23.0 Å². The van der Waals surface area contributed by atoms with Gasteiger partial charge in [0.1, 0.15) is 6.26 Å². The summed E-state index contributed by atoms with van der Waals surface area (Å²) in [5.74, 6) is 0.0103. The smallest absolute Gasteiger partial charge is 0.257 e. The quantitative estimate of drug-likeness (QED) is 0.851. The van der Waals surface area contributed by atoms with Crippen LogP contribution in [0.5, 0.6) is 0 Å². The number of amides is 1.